The zero-order valence-corrected chi connectivity index (χ0v) is 14.2. The van der Waals surface area contributed by atoms with Gasteiger partial charge in [0.1, 0.15) is 5.69 Å². The largest absolute Gasteiger partial charge is 0.450 e. The lowest BCUT2D eigenvalue weighted by atomic mass is 10.2. The van der Waals surface area contributed by atoms with Gasteiger partial charge < -0.3 is 24.6 Å². The van der Waals surface area contributed by atoms with Crippen LogP contribution in [0.5, 0.6) is 0 Å². The van der Waals surface area contributed by atoms with E-state index in [4.69, 9.17) is 9.47 Å². The molecule has 0 aliphatic carbocycles. The van der Waals surface area contributed by atoms with Gasteiger partial charge in [-0.3, -0.25) is 4.79 Å². The molecule has 1 fully saturated rings. The van der Waals surface area contributed by atoms with Gasteiger partial charge in [0, 0.05) is 39.8 Å². The number of carbonyl (C=O) groups excluding carboxylic acids is 2. The normalized spacial score (nSPS) is 14.4. The zero-order valence-electron chi connectivity index (χ0n) is 14.2. The molecular formula is C16H24N4O4. The standard InChI is InChI=1S/C16H24N4O4/c1-3-24-16(22)20-9-7-19(8-10-20)13-4-5-14(18-12-13)15(21)17-6-11-23-2/h4-5,12H,3,6-11H2,1-2H3,(H,17,21). The lowest BCUT2D eigenvalue weighted by Crippen LogP contribution is -2.49. The molecule has 0 unspecified atom stereocenters. The quantitative estimate of drug-likeness (QED) is 0.771. The summed E-state index contributed by atoms with van der Waals surface area (Å²) in [6.07, 6.45) is 1.42. The minimum atomic E-state index is -0.265. The number of pyridine rings is 1. The molecule has 2 heterocycles. The number of methoxy groups -OCH3 is 1. The number of amides is 2. The Morgan fingerprint density at radius 1 is 1.25 bits per heavy atom. The Morgan fingerprint density at radius 3 is 2.58 bits per heavy atom. The van der Waals surface area contributed by atoms with Crippen molar-refractivity contribution < 1.29 is 19.1 Å². The number of ether oxygens (including phenoxy) is 2. The molecule has 0 radical (unpaired) electrons. The van der Waals surface area contributed by atoms with Crippen LogP contribution in [0.1, 0.15) is 17.4 Å². The van der Waals surface area contributed by atoms with E-state index < -0.39 is 0 Å². The molecule has 2 amide bonds. The van der Waals surface area contributed by atoms with Crippen LogP contribution in [0, 0.1) is 0 Å². The summed E-state index contributed by atoms with van der Waals surface area (Å²) in [6.45, 7) is 5.74. The number of piperazine rings is 1. The summed E-state index contributed by atoms with van der Waals surface area (Å²) in [5.41, 5.74) is 1.31. The number of carbonyl (C=O) groups is 2. The molecule has 0 spiro atoms. The van der Waals surface area contributed by atoms with E-state index in [2.05, 4.69) is 15.2 Å². The average Bonchev–Trinajstić information content (AvgIpc) is 2.62. The first-order chi connectivity index (χ1) is 11.7. The molecule has 8 nitrogen and oxygen atoms in total. The van der Waals surface area contributed by atoms with E-state index in [0.29, 0.717) is 51.6 Å². The molecule has 0 bridgehead atoms. The summed E-state index contributed by atoms with van der Waals surface area (Å²) in [5, 5.41) is 2.73. The summed E-state index contributed by atoms with van der Waals surface area (Å²) in [7, 11) is 1.58. The van der Waals surface area contributed by atoms with Gasteiger partial charge in [0.25, 0.3) is 5.91 Å². The van der Waals surface area contributed by atoms with Gasteiger partial charge in [-0.2, -0.15) is 0 Å². The second kappa shape index (κ2) is 9.07. The topological polar surface area (TPSA) is 84.0 Å². The highest BCUT2D eigenvalue weighted by Gasteiger charge is 2.22. The van der Waals surface area contributed by atoms with Crippen LogP contribution in [0.15, 0.2) is 18.3 Å². The van der Waals surface area contributed by atoms with Crippen LogP contribution in [-0.2, 0) is 9.47 Å². The van der Waals surface area contributed by atoms with Crippen LogP contribution in [0.3, 0.4) is 0 Å². The third-order valence-corrected chi connectivity index (χ3v) is 3.74. The van der Waals surface area contributed by atoms with Crippen LogP contribution in [0.2, 0.25) is 0 Å². The number of aromatic nitrogens is 1. The number of nitrogens with zero attached hydrogens (tertiary/aromatic N) is 3. The summed E-state index contributed by atoms with van der Waals surface area (Å²) in [6, 6.07) is 3.58. The average molecular weight is 336 g/mol. The van der Waals surface area contributed by atoms with E-state index in [9.17, 15) is 9.59 Å². The van der Waals surface area contributed by atoms with E-state index in [-0.39, 0.29) is 12.0 Å². The second-order valence-corrected chi connectivity index (χ2v) is 5.32. The number of anilines is 1. The van der Waals surface area contributed by atoms with Gasteiger partial charge in [0.05, 0.1) is 25.1 Å². The molecule has 1 aliphatic heterocycles. The van der Waals surface area contributed by atoms with E-state index in [1.165, 1.54) is 0 Å². The molecule has 0 saturated carbocycles. The van der Waals surface area contributed by atoms with Gasteiger partial charge in [-0.05, 0) is 19.1 Å². The smallest absolute Gasteiger partial charge is 0.409 e. The zero-order chi connectivity index (χ0) is 17.4. The van der Waals surface area contributed by atoms with Crippen molar-refractivity contribution in [2.24, 2.45) is 0 Å². The molecule has 1 N–H and O–H groups in total. The maximum Gasteiger partial charge on any atom is 0.409 e. The highest BCUT2D eigenvalue weighted by molar-refractivity contribution is 5.92. The SMILES string of the molecule is CCOC(=O)N1CCN(c2ccc(C(=O)NCCOC)nc2)CC1. The molecule has 1 aliphatic rings. The van der Waals surface area contributed by atoms with E-state index >= 15 is 0 Å². The molecule has 8 heteroatoms. The predicted molar refractivity (Wildman–Crippen MR) is 89.3 cm³/mol. The maximum absolute atomic E-state index is 11.9. The van der Waals surface area contributed by atoms with Crippen molar-refractivity contribution >= 4 is 17.7 Å². The summed E-state index contributed by atoms with van der Waals surface area (Å²) in [4.78, 5) is 31.6. The molecule has 1 aromatic heterocycles. The lowest BCUT2D eigenvalue weighted by molar-refractivity contribution is 0.0931. The molecule has 0 aromatic carbocycles. The van der Waals surface area contributed by atoms with Gasteiger partial charge in [-0.1, -0.05) is 0 Å². The molecule has 24 heavy (non-hydrogen) atoms. The number of hydrogen-bond acceptors (Lipinski definition) is 6. The van der Waals surface area contributed by atoms with Crippen molar-refractivity contribution in [2.75, 3.05) is 57.9 Å². The third-order valence-electron chi connectivity index (χ3n) is 3.74. The Morgan fingerprint density at radius 2 is 2.00 bits per heavy atom. The van der Waals surface area contributed by atoms with Gasteiger partial charge in [0.2, 0.25) is 0 Å². The minimum absolute atomic E-state index is 0.217. The van der Waals surface area contributed by atoms with E-state index in [1.807, 2.05) is 6.07 Å². The van der Waals surface area contributed by atoms with Crippen molar-refractivity contribution in [3.63, 3.8) is 0 Å². The molecule has 1 aromatic rings. The maximum atomic E-state index is 11.9. The Labute approximate surface area is 141 Å². The number of hydrogen-bond donors (Lipinski definition) is 1. The molecular weight excluding hydrogens is 312 g/mol. The number of rotatable bonds is 6. The number of nitrogens with one attached hydrogen (secondary N) is 1. The van der Waals surface area contributed by atoms with Crippen molar-refractivity contribution in [1.82, 2.24) is 15.2 Å². The first-order valence-electron chi connectivity index (χ1n) is 8.05. The highest BCUT2D eigenvalue weighted by atomic mass is 16.6. The summed E-state index contributed by atoms with van der Waals surface area (Å²) in [5.74, 6) is -0.217. The third kappa shape index (κ3) is 4.82. The van der Waals surface area contributed by atoms with Crippen molar-refractivity contribution in [3.05, 3.63) is 24.0 Å². The van der Waals surface area contributed by atoms with Crippen LogP contribution >= 0.6 is 0 Å². The Balaban J connectivity index is 1.86. The van der Waals surface area contributed by atoms with Gasteiger partial charge in [-0.25, -0.2) is 9.78 Å². The van der Waals surface area contributed by atoms with Crippen molar-refractivity contribution in [3.8, 4) is 0 Å². The van der Waals surface area contributed by atoms with Crippen molar-refractivity contribution in [2.45, 2.75) is 6.92 Å². The first kappa shape index (κ1) is 18.0. The molecule has 132 valence electrons. The summed E-state index contributed by atoms with van der Waals surface area (Å²) < 4.78 is 9.90. The fraction of sp³-hybridized carbons (Fsp3) is 0.562. The van der Waals surface area contributed by atoms with Crippen molar-refractivity contribution in [1.29, 1.82) is 0 Å². The Bertz CT molecular complexity index is 542. The minimum Gasteiger partial charge on any atom is -0.450 e. The highest BCUT2D eigenvalue weighted by Crippen LogP contribution is 2.16. The second-order valence-electron chi connectivity index (χ2n) is 5.32. The van der Waals surface area contributed by atoms with Crippen LogP contribution < -0.4 is 10.2 Å². The lowest BCUT2D eigenvalue weighted by Gasteiger charge is -2.35. The molecule has 2 rings (SSSR count). The van der Waals surface area contributed by atoms with E-state index in [0.717, 1.165) is 5.69 Å². The van der Waals surface area contributed by atoms with Gasteiger partial charge in [-0.15, -0.1) is 0 Å². The monoisotopic (exact) mass is 336 g/mol. The molecule has 0 atom stereocenters. The van der Waals surface area contributed by atoms with E-state index in [1.54, 1.807) is 31.2 Å². The van der Waals surface area contributed by atoms with Crippen LogP contribution in [0.4, 0.5) is 10.5 Å². The Kier molecular flexibility index (Phi) is 6.80. The predicted octanol–water partition coefficient (Wildman–Crippen LogP) is 0.736. The fourth-order valence-corrected chi connectivity index (χ4v) is 2.43. The van der Waals surface area contributed by atoms with Crippen LogP contribution in [-0.4, -0.2) is 74.9 Å². The molecule has 1 saturated heterocycles. The van der Waals surface area contributed by atoms with Gasteiger partial charge in [0.15, 0.2) is 0 Å². The van der Waals surface area contributed by atoms with Gasteiger partial charge >= 0.3 is 6.09 Å². The van der Waals surface area contributed by atoms with Crippen LogP contribution in [0.25, 0.3) is 0 Å². The summed E-state index contributed by atoms with van der Waals surface area (Å²) >= 11 is 0. The fourth-order valence-electron chi connectivity index (χ4n) is 2.43. The first-order valence-corrected chi connectivity index (χ1v) is 8.05. The Hall–Kier alpha value is -2.35.